The largest absolute Gasteiger partial charge is 0.405 e. The van der Waals surface area contributed by atoms with Gasteiger partial charge in [0, 0.05) is 6.54 Å². The number of hydrogen-bond donors (Lipinski definition) is 3. The van der Waals surface area contributed by atoms with E-state index in [0.29, 0.717) is 11.9 Å². The Morgan fingerprint density at radius 3 is 2.77 bits per heavy atom. The number of anilines is 1. The van der Waals surface area contributed by atoms with Crippen molar-refractivity contribution in [1.82, 2.24) is 19.7 Å². The molecule has 5 atom stereocenters. The number of nitrogens with two attached hydrogens (primary N) is 1. The second kappa shape index (κ2) is 11.9. The number of aromatic nitrogens is 3. The third-order valence-electron chi connectivity index (χ3n) is 8.21. The molecule has 0 amide bonds. The van der Waals surface area contributed by atoms with Gasteiger partial charge in [-0.3, -0.25) is 9.05 Å². The summed E-state index contributed by atoms with van der Waals surface area (Å²) in [5.41, 5.74) is 5.65. The Hall–Kier alpha value is -3.95. The predicted octanol–water partition coefficient (Wildman–Crippen LogP) is 4.48. The predicted molar refractivity (Wildman–Crippen MR) is 161 cm³/mol. The monoisotopic (exact) mass is 618 g/mol. The van der Waals surface area contributed by atoms with Crippen LogP contribution in [0.15, 0.2) is 79.1 Å². The van der Waals surface area contributed by atoms with Gasteiger partial charge in [0.2, 0.25) is 5.60 Å². The molecule has 1 aliphatic carbocycles. The number of nitrogens with zero attached hydrogens (tertiary/aromatic N) is 4. The molecular formula is C31H32FN6O5P. The van der Waals surface area contributed by atoms with Gasteiger partial charge in [-0.2, -0.15) is 10.4 Å². The van der Waals surface area contributed by atoms with Crippen LogP contribution in [0.25, 0.3) is 11.1 Å². The molecule has 0 spiro atoms. The number of fused-ring (bicyclic) bond motifs is 2. The van der Waals surface area contributed by atoms with E-state index in [0.717, 1.165) is 30.0 Å². The molecular weight excluding hydrogens is 586 g/mol. The number of nitrogens with one attached hydrogen (secondary N) is 1. The number of rotatable bonds is 11. The second-order valence-electron chi connectivity index (χ2n) is 10.9. The van der Waals surface area contributed by atoms with Crippen LogP contribution in [0, 0.1) is 11.3 Å². The summed E-state index contributed by atoms with van der Waals surface area (Å²) in [5.74, 6) is 0.123. The first-order valence-electron chi connectivity index (χ1n) is 14.2. The van der Waals surface area contributed by atoms with Crippen molar-refractivity contribution in [3.63, 3.8) is 0 Å². The molecule has 1 unspecified atom stereocenters. The van der Waals surface area contributed by atoms with Crippen molar-refractivity contribution >= 4 is 24.7 Å². The van der Waals surface area contributed by atoms with Gasteiger partial charge in [-0.05, 0) is 54.2 Å². The Balaban J connectivity index is 1.20. The van der Waals surface area contributed by atoms with E-state index in [1.54, 1.807) is 0 Å². The zero-order chi connectivity index (χ0) is 31.0. The van der Waals surface area contributed by atoms with Gasteiger partial charge < -0.3 is 15.6 Å². The van der Waals surface area contributed by atoms with Crippen LogP contribution in [0.5, 0.6) is 0 Å². The van der Waals surface area contributed by atoms with Gasteiger partial charge >= 0.3 is 7.75 Å². The second-order valence-corrected chi connectivity index (χ2v) is 12.8. The van der Waals surface area contributed by atoms with Crippen LogP contribution in [-0.4, -0.2) is 50.7 Å². The molecule has 0 saturated carbocycles. The fourth-order valence-electron chi connectivity index (χ4n) is 5.77. The van der Waals surface area contributed by atoms with Gasteiger partial charge in [0.1, 0.15) is 30.1 Å². The summed E-state index contributed by atoms with van der Waals surface area (Å²) in [6, 6.07) is 22.2. The fourth-order valence-corrected chi connectivity index (χ4v) is 7.07. The Kier molecular flexibility index (Phi) is 8.11. The average molecular weight is 619 g/mol. The van der Waals surface area contributed by atoms with Gasteiger partial charge in [0.05, 0.1) is 18.9 Å². The molecule has 4 aromatic rings. The quantitative estimate of drug-likeness (QED) is 0.205. The van der Waals surface area contributed by atoms with Gasteiger partial charge in [-0.25, -0.2) is 23.5 Å². The van der Waals surface area contributed by atoms with Crippen LogP contribution >= 0.6 is 7.75 Å². The van der Waals surface area contributed by atoms with Crippen LogP contribution in [0.2, 0.25) is 0 Å². The summed E-state index contributed by atoms with van der Waals surface area (Å²) < 4.78 is 49.2. The van der Waals surface area contributed by atoms with Crippen LogP contribution in [0.1, 0.15) is 35.7 Å². The molecule has 1 fully saturated rings. The molecule has 2 aliphatic rings. The molecule has 2 aromatic carbocycles. The fraction of sp³-hybridized carbons (Fsp3) is 0.323. The van der Waals surface area contributed by atoms with E-state index >= 15 is 4.39 Å². The van der Waals surface area contributed by atoms with E-state index < -0.39 is 37.8 Å². The zero-order valence-corrected chi connectivity index (χ0v) is 24.9. The molecule has 3 heterocycles. The highest BCUT2D eigenvalue weighted by atomic mass is 31.2. The summed E-state index contributed by atoms with van der Waals surface area (Å²) in [7, 11) is -4.02. The first-order valence-corrected chi connectivity index (χ1v) is 15.7. The lowest BCUT2D eigenvalue weighted by Crippen LogP contribution is -2.48. The number of benzene rings is 2. The molecule has 1 aliphatic heterocycles. The third kappa shape index (κ3) is 5.32. The first-order chi connectivity index (χ1) is 21.2. The van der Waals surface area contributed by atoms with Crippen LogP contribution < -0.4 is 10.8 Å². The number of nitrogen functional groups attached to an aromatic ring is 1. The van der Waals surface area contributed by atoms with Crippen LogP contribution in [0.3, 0.4) is 0 Å². The molecule has 44 heavy (non-hydrogen) atoms. The van der Waals surface area contributed by atoms with Crippen molar-refractivity contribution in [2.75, 3.05) is 18.9 Å². The minimum absolute atomic E-state index is 0.0161. The maximum Gasteiger partial charge on any atom is 0.405 e. The van der Waals surface area contributed by atoms with Gasteiger partial charge in [0.15, 0.2) is 11.5 Å². The Bertz CT molecular complexity index is 1790. The molecule has 2 aromatic heterocycles. The normalized spacial score (nSPS) is 25.8. The summed E-state index contributed by atoms with van der Waals surface area (Å²) in [6.45, 7) is 0.780. The van der Waals surface area contributed by atoms with Gasteiger partial charge in [-0.1, -0.05) is 60.7 Å². The van der Waals surface area contributed by atoms with E-state index in [-0.39, 0.29) is 24.7 Å². The van der Waals surface area contributed by atoms with E-state index in [9.17, 15) is 14.9 Å². The molecule has 6 rings (SSSR count). The van der Waals surface area contributed by atoms with Crippen molar-refractivity contribution in [1.29, 1.82) is 5.26 Å². The zero-order valence-electron chi connectivity index (χ0n) is 24.0. The maximum absolute atomic E-state index is 16.4. The number of allylic oxidation sites excluding steroid dienone is 1. The van der Waals surface area contributed by atoms with Gasteiger partial charge in [-0.15, -0.1) is 0 Å². The highest BCUT2D eigenvalue weighted by Gasteiger charge is 2.67. The lowest BCUT2D eigenvalue weighted by atomic mass is 9.82. The van der Waals surface area contributed by atoms with Crippen molar-refractivity contribution < 1.29 is 27.8 Å². The van der Waals surface area contributed by atoms with Crippen molar-refractivity contribution in [2.24, 2.45) is 0 Å². The molecule has 1 saturated heterocycles. The molecule has 0 bridgehead atoms. The SMILES string of the molecule is C[C@@]1(F)[C@H](O)[C@@H](COP(=O)(NCCC2=CCc3ccccc32)OCc2ccccc2)O[C@@]1(C#N)c1ccc2c(N)ncnn12. The van der Waals surface area contributed by atoms with E-state index in [1.807, 2.05) is 48.5 Å². The number of aliphatic hydroxyl groups excluding tert-OH is 1. The minimum Gasteiger partial charge on any atom is -0.387 e. The maximum atomic E-state index is 16.4. The summed E-state index contributed by atoms with van der Waals surface area (Å²) in [5, 5.41) is 28.4. The first kappa shape index (κ1) is 30.1. The molecule has 13 heteroatoms. The van der Waals surface area contributed by atoms with Crippen molar-refractivity contribution in [2.45, 2.75) is 49.9 Å². The number of nitriles is 1. The molecule has 4 N–H and O–H groups in total. The number of alkyl halides is 1. The van der Waals surface area contributed by atoms with Crippen molar-refractivity contribution in [3.8, 4) is 6.07 Å². The number of halogens is 1. The molecule has 228 valence electrons. The smallest absolute Gasteiger partial charge is 0.387 e. The van der Waals surface area contributed by atoms with Gasteiger partial charge in [0.25, 0.3) is 0 Å². The molecule has 0 radical (unpaired) electrons. The number of hydrogen-bond acceptors (Lipinski definition) is 9. The van der Waals surface area contributed by atoms with E-state index in [2.05, 4.69) is 33.4 Å². The molecule has 11 nitrogen and oxygen atoms in total. The summed E-state index contributed by atoms with van der Waals surface area (Å²) >= 11 is 0. The standard InChI is InChI=1S/C31H32FN6O5P/c1-30(32)28(39)26(43-31(30,19-33)27-14-13-25-29(34)35-20-36-38(25)27)18-42-44(40,41-17-21-7-3-2-4-8-21)37-16-15-23-12-11-22-9-5-6-10-24(22)23/h2-10,12-14,20,26,28,39H,11,15-18H2,1H3,(H,37,40)(H2,34,35,36)/t26-,28-,30-,31+,44?/m1/s1. The highest BCUT2D eigenvalue weighted by Crippen LogP contribution is 2.52. The third-order valence-corrected chi connectivity index (χ3v) is 9.78. The number of aliphatic hydroxyl groups is 1. The Morgan fingerprint density at radius 1 is 1.20 bits per heavy atom. The summed E-state index contributed by atoms with van der Waals surface area (Å²) in [6.07, 6.45) is 1.50. The Labute approximate surface area is 253 Å². The highest BCUT2D eigenvalue weighted by molar-refractivity contribution is 7.51. The minimum atomic E-state index is -4.02. The lowest BCUT2D eigenvalue weighted by Gasteiger charge is -2.30. The Morgan fingerprint density at radius 2 is 1.98 bits per heavy atom. The van der Waals surface area contributed by atoms with E-state index in [4.69, 9.17) is 19.5 Å². The lowest BCUT2D eigenvalue weighted by molar-refractivity contribution is -0.0707. The van der Waals surface area contributed by atoms with Crippen LogP contribution in [0.4, 0.5) is 10.2 Å². The average Bonchev–Trinajstić information content (AvgIpc) is 3.71. The van der Waals surface area contributed by atoms with Crippen LogP contribution in [-0.2, 0) is 37.0 Å². The summed E-state index contributed by atoms with van der Waals surface area (Å²) in [4.78, 5) is 3.92. The van der Waals surface area contributed by atoms with E-state index in [1.165, 1.54) is 28.5 Å². The van der Waals surface area contributed by atoms with Crippen molar-refractivity contribution in [3.05, 3.63) is 102 Å². The topological polar surface area (TPSA) is 157 Å². The number of ether oxygens (including phenoxy) is 1.